The van der Waals surface area contributed by atoms with Gasteiger partial charge in [-0.15, -0.1) is 11.3 Å². The Labute approximate surface area is 206 Å². The molecule has 1 heterocycles. The van der Waals surface area contributed by atoms with Crippen molar-refractivity contribution in [1.29, 1.82) is 10.5 Å². The molecule has 0 saturated heterocycles. The number of carbonyl (C=O) groups excluding carboxylic acids is 1. The first kappa shape index (κ1) is 26.4. The summed E-state index contributed by atoms with van der Waals surface area (Å²) in [6, 6.07) is 16.2. The molecule has 0 unspecified atom stereocenters. The van der Waals surface area contributed by atoms with E-state index in [4.69, 9.17) is 4.74 Å². The van der Waals surface area contributed by atoms with Crippen LogP contribution in [0.25, 0.3) is 18.2 Å². The van der Waals surface area contributed by atoms with E-state index in [0.717, 1.165) is 28.4 Å². The molecule has 0 aliphatic heterocycles. The molecular weight excluding hydrogens is 442 g/mol. The van der Waals surface area contributed by atoms with Crippen LogP contribution >= 0.6 is 11.3 Å². The lowest BCUT2D eigenvalue weighted by molar-refractivity contribution is -0.142. The molecule has 5 nitrogen and oxygen atoms in total. The molecule has 0 aliphatic rings. The van der Waals surface area contributed by atoms with Gasteiger partial charge in [0.25, 0.3) is 0 Å². The average molecular weight is 472 g/mol. The Kier molecular flexibility index (Phi) is 11.1. The summed E-state index contributed by atoms with van der Waals surface area (Å²) >= 11 is 1.57. The molecule has 2 rings (SSSR count). The van der Waals surface area contributed by atoms with E-state index in [2.05, 4.69) is 49.1 Å². The molecule has 1 aromatic heterocycles. The first-order valence-corrected chi connectivity index (χ1v) is 12.0. The fourth-order valence-corrected chi connectivity index (χ4v) is 4.03. The van der Waals surface area contributed by atoms with Gasteiger partial charge in [0, 0.05) is 28.5 Å². The van der Waals surface area contributed by atoms with Gasteiger partial charge in [-0.2, -0.15) is 10.5 Å². The van der Waals surface area contributed by atoms with Gasteiger partial charge in [0.05, 0.1) is 13.0 Å². The smallest absolute Gasteiger partial charge is 0.310 e. The molecule has 0 amide bonds. The van der Waals surface area contributed by atoms with Gasteiger partial charge in [-0.1, -0.05) is 36.4 Å². The third-order valence-corrected chi connectivity index (χ3v) is 5.98. The topological polar surface area (TPSA) is 77.1 Å². The number of nitrogens with zero attached hydrogens (tertiary/aromatic N) is 3. The molecule has 0 fully saturated rings. The third kappa shape index (κ3) is 8.24. The van der Waals surface area contributed by atoms with E-state index in [1.807, 2.05) is 42.5 Å². The third-order valence-electron chi connectivity index (χ3n) is 4.96. The summed E-state index contributed by atoms with van der Waals surface area (Å²) < 4.78 is 4.94. The Hall–Kier alpha value is -3.87. The maximum Gasteiger partial charge on any atom is 0.310 e. The molecular formula is C28H29N3O2S. The van der Waals surface area contributed by atoms with Gasteiger partial charge in [-0.3, -0.25) is 4.79 Å². The predicted molar refractivity (Wildman–Crippen MR) is 141 cm³/mol. The van der Waals surface area contributed by atoms with Gasteiger partial charge >= 0.3 is 5.97 Å². The van der Waals surface area contributed by atoms with E-state index in [9.17, 15) is 15.3 Å². The van der Waals surface area contributed by atoms with Crippen molar-refractivity contribution in [3.05, 3.63) is 81.1 Å². The second-order valence-electron chi connectivity index (χ2n) is 7.16. The predicted octanol–water partition coefficient (Wildman–Crippen LogP) is 6.63. The van der Waals surface area contributed by atoms with E-state index >= 15 is 0 Å². The second kappa shape index (κ2) is 14.3. The Bertz CT molecular complexity index is 1140. The van der Waals surface area contributed by atoms with Crippen LogP contribution in [0, 0.1) is 22.7 Å². The van der Waals surface area contributed by atoms with Crippen molar-refractivity contribution in [2.45, 2.75) is 27.2 Å². The summed E-state index contributed by atoms with van der Waals surface area (Å²) in [5.74, 6) is -0.463. The van der Waals surface area contributed by atoms with Crippen molar-refractivity contribution in [1.82, 2.24) is 0 Å². The lowest BCUT2D eigenvalue weighted by Crippen LogP contribution is -2.21. The summed E-state index contributed by atoms with van der Waals surface area (Å²) in [6.45, 7) is 8.26. The van der Waals surface area contributed by atoms with Crippen LogP contribution in [0.1, 0.15) is 42.5 Å². The highest BCUT2D eigenvalue weighted by Gasteiger charge is 2.10. The van der Waals surface area contributed by atoms with Gasteiger partial charge in [-0.25, -0.2) is 0 Å². The number of ether oxygens (including phenoxy) is 1. The second-order valence-corrected chi connectivity index (χ2v) is 8.31. The molecule has 0 bridgehead atoms. The quantitative estimate of drug-likeness (QED) is 0.209. The van der Waals surface area contributed by atoms with Crippen LogP contribution in [0.2, 0.25) is 0 Å². The number of hydrogen-bond acceptors (Lipinski definition) is 6. The fraction of sp³-hybridized carbons (Fsp3) is 0.250. The highest BCUT2D eigenvalue weighted by Crippen LogP contribution is 2.22. The molecule has 0 spiro atoms. The zero-order chi connectivity index (χ0) is 24.8. The van der Waals surface area contributed by atoms with Crippen LogP contribution in [0.4, 0.5) is 5.69 Å². The normalized spacial score (nSPS) is 11.0. The summed E-state index contributed by atoms with van der Waals surface area (Å²) in [7, 11) is 0. The number of esters is 1. The van der Waals surface area contributed by atoms with Crippen LogP contribution in [-0.4, -0.2) is 25.7 Å². The van der Waals surface area contributed by atoms with Crippen LogP contribution in [0.15, 0.2) is 65.8 Å². The first-order chi connectivity index (χ1) is 16.5. The number of allylic oxidation sites excluding steroid dienone is 4. The van der Waals surface area contributed by atoms with E-state index in [-0.39, 0.29) is 18.6 Å². The summed E-state index contributed by atoms with van der Waals surface area (Å²) in [6.07, 6.45) is 11.4. The molecule has 2 aromatic rings. The van der Waals surface area contributed by atoms with Gasteiger partial charge in [0.15, 0.2) is 0 Å². The van der Waals surface area contributed by atoms with E-state index in [1.165, 1.54) is 5.69 Å². The number of thiophene rings is 1. The summed E-state index contributed by atoms with van der Waals surface area (Å²) in [5, 5.41) is 18.3. The number of benzene rings is 1. The zero-order valence-corrected chi connectivity index (χ0v) is 20.6. The van der Waals surface area contributed by atoms with Crippen molar-refractivity contribution < 1.29 is 9.53 Å². The minimum absolute atomic E-state index is 0.0868. The lowest BCUT2D eigenvalue weighted by atomic mass is 10.1. The molecule has 0 radical (unpaired) electrons. The number of rotatable bonds is 11. The number of carbonyl (C=O) groups is 1. The van der Waals surface area contributed by atoms with Gasteiger partial charge < -0.3 is 9.64 Å². The lowest BCUT2D eigenvalue weighted by Gasteiger charge is -2.20. The highest BCUT2D eigenvalue weighted by molar-refractivity contribution is 7.13. The van der Waals surface area contributed by atoms with Crippen molar-refractivity contribution in [2.75, 3.05) is 24.6 Å². The molecule has 0 N–H and O–H groups in total. The van der Waals surface area contributed by atoms with Gasteiger partial charge in [-0.05, 0) is 68.3 Å². The molecule has 0 saturated carbocycles. The zero-order valence-electron chi connectivity index (χ0n) is 19.8. The first-order valence-electron chi connectivity index (χ1n) is 11.2. The number of anilines is 1. The molecule has 34 heavy (non-hydrogen) atoms. The van der Waals surface area contributed by atoms with Crippen LogP contribution in [-0.2, 0) is 9.53 Å². The van der Waals surface area contributed by atoms with Crippen molar-refractivity contribution in [3.63, 3.8) is 0 Å². The van der Waals surface area contributed by atoms with Crippen LogP contribution < -0.4 is 4.90 Å². The van der Waals surface area contributed by atoms with E-state index < -0.39 is 5.97 Å². The fourth-order valence-electron chi connectivity index (χ4n) is 3.20. The minimum atomic E-state index is -0.463. The van der Waals surface area contributed by atoms with Gasteiger partial charge in [0.2, 0.25) is 0 Å². The largest absolute Gasteiger partial charge is 0.466 e. The van der Waals surface area contributed by atoms with Gasteiger partial charge in [0.1, 0.15) is 17.7 Å². The minimum Gasteiger partial charge on any atom is -0.466 e. The Morgan fingerprint density at radius 3 is 2.15 bits per heavy atom. The average Bonchev–Trinajstić information content (AvgIpc) is 3.30. The van der Waals surface area contributed by atoms with Crippen LogP contribution in [0.3, 0.4) is 0 Å². The van der Waals surface area contributed by atoms with Crippen LogP contribution in [0.5, 0.6) is 0 Å². The maximum atomic E-state index is 11.8. The molecule has 0 atom stereocenters. The molecule has 174 valence electrons. The maximum absolute atomic E-state index is 11.8. The Morgan fingerprint density at radius 2 is 1.56 bits per heavy atom. The monoisotopic (exact) mass is 471 g/mol. The van der Waals surface area contributed by atoms with Crippen molar-refractivity contribution in [2.24, 2.45) is 0 Å². The SMILES string of the molecule is CCOC(=O)CC(/C=C/c1ccc(/C=C/C=C/c2ccc(N(CC)CC)cc2)s1)=C(C#N)C#N. The Balaban J connectivity index is 2.03. The molecule has 6 heteroatoms. The van der Waals surface area contributed by atoms with Crippen molar-refractivity contribution in [3.8, 4) is 12.1 Å². The van der Waals surface area contributed by atoms with E-state index in [0.29, 0.717) is 5.57 Å². The Morgan fingerprint density at radius 1 is 0.941 bits per heavy atom. The molecule has 1 aromatic carbocycles. The highest BCUT2D eigenvalue weighted by atomic mass is 32.1. The molecule has 0 aliphatic carbocycles. The van der Waals surface area contributed by atoms with E-state index in [1.54, 1.807) is 30.4 Å². The number of hydrogen-bond donors (Lipinski definition) is 0. The van der Waals surface area contributed by atoms with Crippen molar-refractivity contribution >= 4 is 41.2 Å². The summed E-state index contributed by atoms with van der Waals surface area (Å²) in [4.78, 5) is 16.1. The number of nitriles is 2. The summed E-state index contributed by atoms with van der Waals surface area (Å²) in [5.41, 5.74) is 2.64. The standard InChI is InChI=1S/C28H29N3O2S/c1-4-31(5-2)25-14-11-22(12-15-25)9-7-8-10-26-17-18-27(34-26)16-13-23(24(20-29)21-30)19-28(32)33-6-3/h7-18H,4-6,19H2,1-3H3/b9-7+,10-8+,16-13+.